The van der Waals surface area contributed by atoms with Crippen LogP contribution in [-0.4, -0.2) is 32.8 Å². The zero-order chi connectivity index (χ0) is 14.8. The van der Waals surface area contributed by atoms with Crippen LogP contribution in [0.4, 0.5) is 0 Å². The number of aromatic nitrogens is 3. The Labute approximate surface area is 130 Å². The molecule has 114 valence electrons. The molecule has 3 heterocycles. The number of likely N-dealkylation sites (tertiary alicyclic amines) is 1. The standard InChI is InChI=1S/C16H24N4S/c1-12-6-7-16(21-12)11-19-8-4-5-15(9-19)10-20-14(3)17-13(2)18-20/h6-7,15H,4-5,8-11H2,1-3H3/t15-/m1/s1. The second-order valence-electron chi connectivity index (χ2n) is 6.14. The van der Waals surface area contributed by atoms with Gasteiger partial charge in [0.1, 0.15) is 11.6 Å². The molecule has 0 aliphatic carbocycles. The summed E-state index contributed by atoms with van der Waals surface area (Å²) >= 11 is 1.92. The van der Waals surface area contributed by atoms with E-state index in [0.717, 1.165) is 24.7 Å². The molecule has 3 rings (SSSR count). The van der Waals surface area contributed by atoms with Gasteiger partial charge in [-0.3, -0.25) is 4.90 Å². The van der Waals surface area contributed by atoms with Crippen LogP contribution in [0.15, 0.2) is 12.1 Å². The van der Waals surface area contributed by atoms with E-state index in [9.17, 15) is 0 Å². The number of thiophene rings is 1. The predicted molar refractivity (Wildman–Crippen MR) is 86.6 cm³/mol. The molecule has 0 unspecified atom stereocenters. The Morgan fingerprint density at radius 1 is 1.29 bits per heavy atom. The molecule has 0 bridgehead atoms. The zero-order valence-corrected chi connectivity index (χ0v) is 14.0. The summed E-state index contributed by atoms with van der Waals surface area (Å²) in [6.45, 7) is 10.7. The largest absolute Gasteiger partial charge is 0.298 e. The third kappa shape index (κ3) is 3.71. The maximum atomic E-state index is 4.51. The van der Waals surface area contributed by atoms with Crippen molar-refractivity contribution < 1.29 is 0 Å². The third-order valence-corrected chi connectivity index (χ3v) is 5.16. The highest BCUT2D eigenvalue weighted by molar-refractivity contribution is 7.11. The molecular formula is C16H24N4S. The summed E-state index contributed by atoms with van der Waals surface area (Å²) in [5.41, 5.74) is 0. The number of rotatable bonds is 4. The van der Waals surface area contributed by atoms with Gasteiger partial charge >= 0.3 is 0 Å². The molecular weight excluding hydrogens is 280 g/mol. The topological polar surface area (TPSA) is 34.0 Å². The fraction of sp³-hybridized carbons (Fsp3) is 0.625. The smallest absolute Gasteiger partial charge is 0.147 e. The minimum Gasteiger partial charge on any atom is -0.298 e. The molecule has 0 amide bonds. The van der Waals surface area contributed by atoms with Gasteiger partial charge in [-0.25, -0.2) is 9.67 Å². The first-order valence-corrected chi connectivity index (χ1v) is 8.57. The molecule has 21 heavy (non-hydrogen) atoms. The van der Waals surface area contributed by atoms with Crippen LogP contribution in [0.25, 0.3) is 0 Å². The highest BCUT2D eigenvalue weighted by atomic mass is 32.1. The Morgan fingerprint density at radius 3 is 2.81 bits per heavy atom. The molecule has 0 spiro atoms. The average Bonchev–Trinajstić information content (AvgIpc) is 2.96. The molecule has 4 nitrogen and oxygen atoms in total. The monoisotopic (exact) mass is 304 g/mol. The quantitative estimate of drug-likeness (QED) is 0.870. The van der Waals surface area contributed by atoms with Crippen molar-refractivity contribution in [1.82, 2.24) is 19.7 Å². The van der Waals surface area contributed by atoms with Crippen LogP contribution in [0.2, 0.25) is 0 Å². The zero-order valence-electron chi connectivity index (χ0n) is 13.2. The predicted octanol–water partition coefficient (Wildman–Crippen LogP) is 3.18. The van der Waals surface area contributed by atoms with Crippen LogP contribution in [-0.2, 0) is 13.1 Å². The van der Waals surface area contributed by atoms with Crippen molar-refractivity contribution in [2.75, 3.05) is 13.1 Å². The number of nitrogens with zero attached hydrogens (tertiary/aromatic N) is 4. The van der Waals surface area contributed by atoms with Gasteiger partial charge in [-0.15, -0.1) is 11.3 Å². The van der Waals surface area contributed by atoms with E-state index < -0.39 is 0 Å². The molecule has 1 aliphatic heterocycles. The Bertz CT molecular complexity index is 601. The molecule has 0 aromatic carbocycles. The van der Waals surface area contributed by atoms with E-state index in [-0.39, 0.29) is 0 Å². The first-order valence-electron chi connectivity index (χ1n) is 7.76. The maximum absolute atomic E-state index is 4.51. The first-order chi connectivity index (χ1) is 10.1. The second kappa shape index (κ2) is 6.28. The van der Waals surface area contributed by atoms with Crippen molar-refractivity contribution in [3.63, 3.8) is 0 Å². The van der Waals surface area contributed by atoms with E-state index in [1.807, 2.05) is 18.3 Å². The fourth-order valence-electron chi connectivity index (χ4n) is 3.21. The molecule has 0 radical (unpaired) electrons. The average molecular weight is 304 g/mol. The minimum atomic E-state index is 0.694. The summed E-state index contributed by atoms with van der Waals surface area (Å²) in [4.78, 5) is 9.90. The van der Waals surface area contributed by atoms with Gasteiger partial charge in [-0.1, -0.05) is 0 Å². The minimum absolute atomic E-state index is 0.694. The molecule has 1 saturated heterocycles. The summed E-state index contributed by atoms with van der Waals surface area (Å²) in [7, 11) is 0. The lowest BCUT2D eigenvalue weighted by Crippen LogP contribution is -2.36. The maximum Gasteiger partial charge on any atom is 0.147 e. The van der Waals surface area contributed by atoms with Crippen LogP contribution in [0.5, 0.6) is 0 Å². The molecule has 2 aromatic heterocycles. The van der Waals surface area contributed by atoms with Crippen molar-refractivity contribution in [2.45, 2.75) is 46.7 Å². The van der Waals surface area contributed by atoms with Gasteiger partial charge in [0.05, 0.1) is 0 Å². The van der Waals surface area contributed by atoms with Crippen LogP contribution in [0.1, 0.15) is 34.2 Å². The Morgan fingerprint density at radius 2 is 2.14 bits per heavy atom. The SMILES string of the molecule is Cc1nc(C)n(C[C@@H]2CCCN(Cc3ccc(C)s3)C2)n1. The summed E-state index contributed by atoms with van der Waals surface area (Å²) in [6, 6.07) is 4.50. The first kappa shape index (κ1) is 14.7. The Kier molecular flexibility index (Phi) is 4.40. The lowest BCUT2D eigenvalue weighted by Gasteiger charge is -2.32. The van der Waals surface area contributed by atoms with Crippen molar-refractivity contribution in [2.24, 2.45) is 5.92 Å². The summed E-state index contributed by atoms with van der Waals surface area (Å²) in [5, 5.41) is 4.51. The van der Waals surface area contributed by atoms with Gasteiger partial charge < -0.3 is 0 Å². The molecule has 1 aliphatic rings. The number of aryl methyl sites for hydroxylation is 3. The van der Waals surface area contributed by atoms with E-state index in [2.05, 4.69) is 45.6 Å². The van der Waals surface area contributed by atoms with Gasteiger partial charge in [-0.2, -0.15) is 5.10 Å². The number of piperidine rings is 1. The molecule has 0 saturated carbocycles. The summed E-state index contributed by atoms with van der Waals surface area (Å²) in [5.74, 6) is 2.62. The van der Waals surface area contributed by atoms with Crippen molar-refractivity contribution in [3.05, 3.63) is 33.5 Å². The third-order valence-electron chi connectivity index (χ3n) is 4.17. The van der Waals surface area contributed by atoms with Crippen LogP contribution in [0, 0.1) is 26.7 Å². The summed E-state index contributed by atoms with van der Waals surface area (Å²) in [6.07, 6.45) is 2.60. The molecule has 2 aromatic rings. The van der Waals surface area contributed by atoms with Crippen molar-refractivity contribution >= 4 is 11.3 Å². The van der Waals surface area contributed by atoms with Crippen LogP contribution in [0.3, 0.4) is 0 Å². The lowest BCUT2D eigenvalue weighted by atomic mass is 9.98. The molecule has 5 heteroatoms. The summed E-state index contributed by atoms with van der Waals surface area (Å²) < 4.78 is 2.08. The van der Waals surface area contributed by atoms with Crippen LogP contribution >= 0.6 is 11.3 Å². The number of hydrogen-bond acceptors (Lipinski definition) is 4. The van der Waals surface area contributed by atoms with E-state index in [1.165, 1.54) is 35.7 Å². The fourth-order valence-corrected chi connectivity index (χ4v) is 4.15. The number of hydrogen-bond donors (Lipinski definition) is 0. The van der Waals surface area contributed by atoms with E-state index in [0.29, 0.717) is 5.92 Å². The van der Waals surface area contributed by atoms with Gasteiger partial charge in [0.15, 0.2) is 0 Å². The normalized spacial score (nSPS) is 20.0. The Balaban J connectivity index is 1.59. The van der Waals surface area contributed by atoms with E-state index in [4.69, 9.17) is 0 Å². The van der Waals surface area contributed by atoms with Gasteiger partial charge in [0.2, 0.25) is 0 Å². The highest BCUT2D eigenvalue weighted by Crippen LogP contribution is 2.23. The van der Waals surface area contributed by atoms with Gasteiger partial charge in [0, 0.05) is 29.4 Å². The van der Waals surface area contributed by atoms with Crippen LogP contribution < -0.4 is 0 Å². The van der Waals surface area contributed by atoms with Gasteiger partial charge in [-0.05, 0) is 58.2 Å². The molecule has 0 N–H and O–H groups in total. The van der Waals surface area contributed by atoms with Crippen molar-refractivity contribution in [3.8, 4) is 0 Å². The second-order valence-corrected chi connectivity index (χ2v) is 7.52. The molecule has 1 fully saturated rings. The Hall–Kier alpha value is -1.20. The van der Waals surface area contributed by atoms with E-state index >= 15 is 0 Å². The molecule has 1 atom stereocenters. The lowest BCUT2D eigenvalue weighted by molar-refractivity contribution is 0.154. The van der Waals surface area contributed by atoms with Gasteiger partial charge in [0.25, 0.3) is 0 Å². The highest BCUT2D eigenvalue weighted by Gasteiger charge is 2.21. The van der Waals surface area contributed by atoms with E-state index in [1.54, 1.807) is 0 Å². The van der Waals surface area contributed by atoms with Crippen molar-refractivity contribution in [1.29, 1.82) is 0 Å².